The normalized spacial score (nSPS) is 19.0. The van der Waals surface area contributed by atoms with Crippen molar-refractivity contribution in [3.8, 4) is 0 Å². The molecule has 3 heteroatoms. The van der Waals surface area contributed by atoms with Crippen molar-refractivity contribution in [3.05, 3.63) is 0 Å². The van der Waals surface area contributed by atoms with Crippen molar-refractivity contribution in [2.24, 2.45) is 16.1 Å². The van der Waals surface area contributed by atoms with Crippen molar-refractivity contribution in [1.82, 2.24) is 4.90 Å². The fourth-order valence-corrected chi connectivity index (χ4v) is 2.09. The first-order valence-corrected chi connectivity index (χ1v) is 6.22. The van der Waals surface area contributed by atoms with Crippen LogP contribution in [0.15, 0.2) is 4.99 Å². The summed E-state index contributed by atoms with van der Waals surface area (Å²) in [7, 11) is 0. The van der Waals surface area contributed by atoms with Gasteiger partial charge < -0.3 is 10.6 Å². The van der Waals surface area contributed by atoms with E-state index >= 15 is 0 Å². The van der Waals surface area contributed by atoms with Gasteiger partial charge in [0.2, 0.25) is 0 Å². The Kier molecular flexibility index (Phi) is 4.43. The van der Waals surface area contributed by atoms with Gasteiger partial charge in [0.25, 0.3) is 0 Å². The highest BCUT2D eigenvalue weighted by Crippen LogP contribution is 2.49. The Morgan fingerprint density at radius 2 is 1.87 bits per heavy atom. The minimum Gasteiger partial charge on any atom is -0.370 e. The van der Waals surface area contributed by atoms with Gasteiger partial charge in [-0.1, -0.05) is 13.3 Å². The van der Waals surface area contributed by atoms with E-state index in [1.807, 2.05) is 0 Å². The molecule has 0 bridgehead atoms. The summed E-state index contributed by atoms with van der Waals surface area (Å²) in [6, 6.07) is 0. The van der Waals surface area contributed by atoms with E-state index in [4.69, 9.17) is 5.73 Å². The summed E-state index contributed by atoms with van der Waals surface area (Å²) in [4.78, 5) is 6.65. The van der Waals surface area contributed by atoms with Crippen LogP contribution in [0.2, 0.25) is 0 Å². The molecule has 1 aliphatic rings. The van der Waals surface area contributed by atoms with Gasteiger partial charge in [-0.05, 0) is 38.5 Å². The van der Waals surface area contributed by atoms with E-state index in [1.165, 1.54) is 25.7 Å². The summed E-state index contributed by atoms with van der Waals surface area (Å²) >= 11 is 0. The molecule has 0 unspecified atom stereocenters. The lowest BCUT2D eigenvalue weighted by Crippen LogP contribution is -2.37. The van der Waals surface area contributed by atoms with Gasteiger partial charge >= 0.3 is 0 Å². The first kappa shape index (κ1) is 12.3. The molecule has 0 saturated heterocycles. The van der Waals surface area contributed by atoms with Crippen LogP contribution in [-0.2, 0) is 0 Å². The molecule has 1 aliphatic carbocycles. The molecule has 1 fully saturated rings. The number of rotatable bonds is 6. The third kappa shape index (κ3) is 3.40. The maximum atomic E-state index is 5.95. The molecule has 1 saturated carbocycles. The zero-order valence-electron chi connectivity index (χ0n) is 10.4. The zero-order chi connectivity index (χ0) is 11.3. The van der Waals surface area contributed by atoms with Crippen molar-refractivity contribution in [1.29, 1.82) is 0 Å². The largest absolute Gasteiger partial charge is 0.370 e. The Labute approximate surface area is 93.7 Å². The summed E-state index contributed by atoms with van der Waals surface area (Å²) in [6.45, 7) is 9.32. The minimum absolute atomic E-state index is 0.520. The first-order valence-electron chi connectivity index (χ1n) is 6.22. The maximum Gasteiger partial charge on any atom is 0.191 e. The molecule has 0 amide bonds. The van der Waals surface area contributed by atoms with Crippen LogP contribution in [0.3, 0.4) is 0 Å². The standard InChI is InChI=1S/C12H25N3/c1-4-7-12(8-9-12)10-14-11(13)15(5-2)6-3/h4-10H2,1-3H3,(H2,13,14). The molecule has 0 aromatic carbocycles. The minimum atomic E-state index is 0.520. The molecular weight excluding hydrogens is 186 g/mol. The van der Waals surface area contributed by atoms with E-state index in [9.17, 15) is 0 Å². The highest BCUT2D eigenvalue weighted by atomic mass is 15.2. The molecule has 0 radical (unpaired) electrons. The Morgan fingerprint density at radius 3 is 2.27 bits per heavy atom. The van der Waals surface area contributed by atoms with Crippen LogP contribution in [-0.4, -0.2) is 30.5 Å². The molecule has 88 valence electrons. The van der Waals surface area contributed by atoms with Crippen LogP contribution in [0.4, 0.5) is 0 Å². The zero-order valence-corrected chi connectivity index (χ0v) is 10.4. The van der Waals surface area contributed by atoms with E-state index in [0.717, 1.165) is 25.6 Å². The first-order chi connectivity index (χ1) is 7.17. The lowest BCUT2D eigenvalue weighted by atomic mass is 10.0. The summed E-state index contributed by atoms with van der Waals surface area (Å²) in [5, 5.41) is 0. The highest BCUT2D eigenvalue weighted by Gasteiger charge is 2.41. The maximum absolute atomic E-state index is 5.95. The Hall–Kier alpha value is -0.730. The summed E-state index contributed by atoms with van der Waals surface area (Å²) < 4.78 is 0. The predicted molar refractivity (Wildman–Crippen MR) is 66.0 cm³/mol. The van der Waals surface area contributed by atoms with Crippen LogP contribution < -0.4 is 5.73 Å². The Balaban J connectivity index is 2.42. The molecule has 0 atom stereocenters. The van der Waals surface area contributed by atoms with Gasteiger partial charge in [0.15, 0.2) is 5.96 Å². The van der Waals surface area contributed by atoms with Gasteiger partial charge in [0.05, 0.1) is 0 Å². The van der Waals surface area contributed by atoms with Crippen LogP contribution in [0, 0.1) is 5.41 Å². The van der Waals surface area contributed by atoms with E-state index in [-0.39, 0.29) is 0 Å². The van der Waals surface area contributed by atoms with Crippen molar-refractivity contribution in [3.63, 3.8) is 0 Å². The molecule has 0 aromatic rings. The van der Waals surface area contributed by atoms with Gasteiger partial charge in [-0.2, -0.15) is 0 Å². The molecular formula is C12H25N3. The van der Waals surface area contributed by atoms with Crippen molar-refractivity contribution >= 4 is 5.96 Å². The number of guanidine groups is 1. The quantitative estimate of drug-likeness (QED) is 0.540. The van der Waals surface area contributed by atoms with Crippen molar-refractivity contribution < 1.29 is 0 Å². The second-order valence-electron chi connectivity index (χ2n) is 4.60. The number of aliphatic imine (C=N–C) groups is 1. The van der Waals surface area contributed by atoms with E-state index in [2.05, 4.69) is 30.7 Å². The molecule has 0 aromatic heterocycles. The van der Waals surface area contributed by atoms with Gasteiger partial charge in [-0.25, -0.2) is 0 Å². The summed E-state index contributed by atoms with van der Waals surface area (Å²) in [6.07, 6.45) is 5.26. The SMILES string of the molecule is CCCC1(CN=C(N)N(CC)CC)CC1. The highest BCUT2D eigenvalue weighted by molar-refractivity contribution is 5.78. The lowest BCUT2D eigenvalue weighted by Gasteiger charge is -2.20. The average molecular weight is 211 g/mol. The predicted octanol–water partition coefficient (Wildman–Crippen LogP) is 2.22. The Bertz CT molecular complexity index is 215. The molecule has 3 nitrogen and oxygen atoms in total. The number of hydrogen-bond donors (Lipinski definition) is 1. The van der Waals surface area contributed by atoms with Crippen molar-refractivity contribution in [2.75, 3.05) is 19.6 Å². The Morgan fingerprint density at radius 1 is 1.27 bits per heavy atom. The van der Waals surface area contributed by atoms with Crippen LogP contribution in [0.1, 0.15) is 46.5 Å². The third-order valence-electron chi connectivity index (χ3n) is 3.40. The monoisotopic (exact) mass is 211 g/mol. The van der Waals surface area contributed by atoms with Crippen LogP contribution >= 0.6 is 0 Å². The van der Waals surface area contributed by atoms with Crippen molar-refractivity contribution in [2.45, 2.75) is 46.5 Å². The lowest BCUT2D eigenvalue weighted by molar-refractivity contribution is 0.440. The second kappa shape index (κ2) is 5.38. The van der Waals surface area contributed by atoms with E-state index < -0.39 is 0 Å². The number of nitrogens with two attached hydrogens (primary N) is 1. The summed E-state index contributed by atoms with van der Waals surface area (Å²) in [5.41, 5.74) is 6.47. The molecule has 0 heterocycles. The fourth-order valence-electron chi connectivity index (χ4n) is 2.09. The second-order valence-corrected chi connectivity index (χ2v) is 4.60. The molecule has 15 heavy (non-hydrogen) atoms. The summed E-state index contributed by atoms with van der Waals surface area (Å²) in [5.74, 6) is 0.724. The van der Waals surface area contributed by atoms with E-state index in [0.29, 0.717) is 5.41 Å². The topological polar surface area (TPSA) is 41.6 Å². The number of hydrogen-bond acceptors (Lipinski definition) is 1. The number of nitrogens with zero attached hydrogens (tertiary/aromatic N) is 2. The van der Waals surface area contributed by atoms with Crippen LogP contribution in [0.5, 0.6) is 0 Å². The molecule has 0 aliphatic heterocycles. The smallest absolute Gasteiger partial charge is 0.191 e. The average Bonchev–Trinajstić information content (AvgIpc) is 2.98. The van der Waals surface area contributed by atoms with Crippen LogP contribution in [0.25, 0.3) is 0 Å². The van der Waals surface area contributed by atoms with E-state index in [1.54, 1.807) is 0 Å². The van der Waals surface area contributed by atoms with Gasteiger partial charge in [-0.15, -0.1) is 0 Å². The van der Waals surface area contributed by atoms with Gasteiger partial charge in [0, 0.05) is 19.6 Å². The molecule has 2 N–H and O–H groups in total. The molecule has 1 rings (SSSR count). The molecule has 0 spiro atoms. The van der Waals surface area contributed by atoms with Gasteiger partial charge in [-0.3, -0.25) is 4.99 Å². The third-order valence-corrected chi connectivity index (χ3v) is 3.40. The fraction of sp³-hybridized carbons (Fsp3) is 0.917. The van der Waals surface area contributed by atoms with Gasteiger partial charge in [0.1, 0.15) is 0 Å².